The molecule has 336 valence electrons. The average Bonchev–Trinajstić information content (AvgIpc) is 3.28. The van der Waals surface area contributed by atoms with E-state index in [4.69, 9.17) is 21.1 Å². The number of likely N-dealkylation sites (tertiary alicyclic amines) is 2. The molecular weight excluding hydrogens is 820 g/mol. The highest BCUT2D eigenvalue weighted by atomic mass is 35.5. The monoisotopic (exact) mass is 876 g/mol. The Morgan fingerprint density at radius 1 is 0.607 bits per heavy atom. The maximum absolute atomic E-state index is 12.6. The fourth-order valence-electron chi connectivity index (χ4n) is 6.04. The normalized spacial score (nSPS) is 13.7. The quantitative estimate of drug-likeness (QED) is 0.109. The average molecular weight is 877 g/mol. The van der Waals surface area contributed by atoms with Gasteiger partial charge in [0.05, 0.1) is 41.3 Å². The molecule has 0 aliphatic carbocycles. The fourth-order valence-corrected chi connectivity index (χ4v) is 6.14. The van der Waals surface area contributed by atoms with Crippen LogP contribution in [-0.4, -0.2) is 142 Å². The topological polar surface area (TPSA) is 214 Å². The second-order valence-electron chi connectivity index (χ2n) is 13.6. The third-order valence-corrected chi connectivity index (χ3v) is 9.59. The highest BCUT2D eigenvalue weighted by Gasteiger charge is 2.31. The summed E-state index contributed by atoms with van der Waals surface area (Å²) in [5.74, 6) is -2.29. The van der Waals surface area contributed by atoms with Gasteiger partial charge in [-0.15, -0.1) is 0 Å². The van der Waals surface area contributed by atoms with Gasteiger partial charge >= 0.3 is 36.1 Å². The number of methoxy groups -OCH3 is 4. The number of piperidine rings is 2. The molecule has 18 nitrogen and oxygen atoms in total. The van der Waals surface area contributed by atoms with Gasteiger partial charge in [-0.25, -0.2) is 9.59 Å². The summed E-state index contributed by atoms with van der Waals surface area (Å²) in [6.07, 6.45) is 1.76. The molecule has 2 aliphatic heterocycles. The summed E-state index contributed by atoms with van der Waals surface area (Å²) in [4.78, 5) is 95.8. The van der Waals surface area contributed by atoms with Crippen molar-refractivity contribution in [2.24, 2.45) is 0 Å². The van der Waals surface area contributed by atoms with Crippen molar-refractivity contribution in [3.05, 3.63) is 71.8 Å². The minimum absolute atomic E-state index is 0.0305. The van der Waals surface area contributed by atoms with Gasteiger partial charge in [-0.1, -0.05) is 60.7 Å². The summed E-state index contributed by atoms with van der Waals surface area (Å²) >= 11 is 4.81. The van der Waals surface area contributed by atoms with Gasteiger partial charge in [-0.3, -0.25) is 28.8 Å². The van der Waals surface area contributed by atoms with Crippen LogP contribution in [0.15, 0.2) is 60.7 Å². The summed E-state index contributed by atoms with van der Waals surface area (Å²) < 4.78 is 28.6. The van der Waals surface area contributed by atoms with E-state index in [1.54, 1.807) is 9.80 Å². The van der Waals surface area contributed by atoms with E-state index < -0.39 is 41.6 Å². The molecule has 2 heterocycles. The number of carbonyl (C=O) groups is 8. The van der Waals surface area contributed by atoms with Crippen molar-refractivity contribution in [1.29, 1.82) is 0 Å². The van der Waals surface area contributed by atoms with E-state index in [-0.39, 0.29) is 44.1 Å². The number of carbonyl (C=O) groups excluding carboxylic acids is 8. The third kappa shape index (κ3) is 21.4. The lowest BCUT2D eigenvalue weighted by Gasteiger charge is -2.38. The predicted molar refractivity (Wildman–Crippen MR) is 220 cm³/mol. The van der Waals surface area contributed by atoms with Gasteiger partial charge in [0.15, 0.2) is 0 Å². The molecule has 3 amide bonds. The van der Waals surface area contributed by atoms with Crippen molar-refractivity contribution >= 4 is 58.8 Å². The van der Waals surface area contributed by atoms with Gasteiger partial charge in [0.2, 0.25) is 11.1 Å². The Bertz CT molecular complexity index is 1690. The van der Waals surface area contributed by atoms with Crippen molar-refractivity contribution in [3.8, 4) is 0 Å². The van der Waals surface area contributed by atoms with Crippen molar-refractivity contribution in [3.63, 3.8) is 0 Å². The van der Waals surface area contributed by atoms with Gasteiger partial charge < -0.3 is 48.4 Å². The molecule has 4 rings (SSSR count). The number of halogens is 1. The Morgan fingerprint density at radius 3 is 1.46 bits per heavy atom. The third-order valence-electron chi connectivity index (χ3n) is 9.46. The molecule has 2 fully saturated rings. The molecule has 0 bridgehead atoms. The zero-order valence-electron chi connectivity index (χ0n) is 35.2. The fraction of sp³-hybridized carbons (Fsp3) is 0.524. The number of rotatable bonds is 16. The number of amides is 3. The van der Waals surface area contributed by atoms with E-state index in [0.29, 0.717) is 64.6 Å². The minimum atomic E-state index is -0.697. The van der Waals surface area contributed by atoms with E-state index in [1.165, 1.54) is 33.3 Å². The maximum atomic E-state index is 12.6. The van der Waals surface area contributed by atoms with Crippen molar-refractivity contribution < 1.29 is 66.8 Å². The van der Waals surface area contributed by atoms with Gasteiger partial charge in [0.1, 0.15) is 26.1 Å². The lowest BCUT2D eigenvalue weighted by Crippen LogP contribution is -2.49. The number of ether oxygens (including phenoxy) is 6. The number of benzene rings is 2. The van der Waals surface area contributed by atoms with Crippen molar-refractivity contribution in [1.82, 2.24) is 20.0 Å². The summed E-state index contributed by atoms with van der Waals surface area (Å²) in [5, 5.41) is 2.63. The van der Waals surface area contributed by atoms with E-state index in [0.717, 1.165) is 24.0 Å². The molecule has 0 aromatic heterocycles. The largest absolute Gasteiger partial charge is 0.469 e. The Labute approximate surface area is 361 Å². The van der Waals surface area contributed by atoms with Crippen molar-refractivity contribution in [2.75, 3.05) is 67.7 Å². The second-order valence-corrected chi connectivity index (χ2v) is 14.0. The van der Waals surface area contributed by atoms with Crippen LogP contribution in [0.1, 0.15) is 62.5 Å². The molecule has 2 aromatic carbocycles. The van der Waals surface area contributed by atoms with Gasteiger partial charge in [-0.05, 0) is 48.4 Å². The standard InChI is InChI=1S/C21H28N2O7.C17H24N2O4.C4H5ClO3/c1-28-19(25)10-13-23(18(24)14-20(26)29-2)17-8-11-22(12-9-17)21(27)30-15-16-6-4-3-5-7-16;1-22-16(20)7-10-18-15-8-11-19(12-9-15)17(21)23-13-14-5-3-2-4-6-14;1-8-4(7)2-3(5)6/h3-7,17H,8-15H2,1-2H3;2-6,15,18H,7-13H2,1H3;2H2,1H3. The molecule has 0 saturated carbocycles. The number of nitrogens with zero attached hydrogens (tertiary/aromatic N) is 3. The summed E-state index contributed by atoms with van der Waals surface area (Å²) in [5.41, 5.74) is 1.89. The van der Waals surface area contributed by atoms with Crippen molar-refractivity contribution in [2.45, 2.75) is 76.7 Å². The first-order chi connectivity index (χ1) is 29.3. The minimum Gasteiger partial charge on any atom is -0.469 e. The zero-order chi connectivity index (χ0) is 45.0. The summed E-state index contributed by atoms with van der Waals surface area (Å²) in [6, 6.07) is 19.2. The SMILES string of the molecule is COC(=O)CC(=O)Cl.COC(=O)CCN(C(=O)CC(=O)OC)C1CCN(C(=O)OCc2ccccc2)CC1.COC(=O)CCNC1CCN(C(=O)OCc2ccccc2)CC1. The van der Waals surface area contributed by atoms with Gasteiger partial charge in [0, 0.05) is 51.4 Å². The lowest BCUT2D eigenvalue weighted by atomic mass is 10.0. The van der Waals surface area contributed by atoms with Crippen LogP contribution in [0, 0.1) is 0 Å². The Morgan fingerprint density at radius 2 is 1.03 bits per heavy atom. The molecule has 0 spiro atoms. The van der Waals surface area contributed by atoms with Gasteiger partial charge in [0.25, 0.3) is 0 Å². The lowest BCUT2D eigenvalue weighted by molar-refractivity contribution is -0.149. The number of hydrogen-bond donors (Lipinski definition) is 1. The van der Waals surface area contributed by atoms with Gasteiger partial charge in [-0.2, -0.15) is 0 Å². The van der Waals surface area contributed by atoms with Crippen LogP contribution in [0.3, 0.4) is 0 Å². The molecule has 19 heteroatoms. The summed E-state index contributed by atoms with van der Waals surface area (Å²) in [7, 11) is 5.08. The first kappa shape index (κ1) is 51.4. The van der Waals surface area contributed by atoms with Crippen LogP contribution in [0.2, 0.25) is 0 Å². The number of nitrogens with one attached hydrogen (secondary N) is 1. The van der Waals surface area contributed by atoms with E-state index in [9.17, 15) is 38.4 Å². The smallest absolute Gasteiger partial charge is 0.410 e. The predicted octanol–water partition coefficient (Wildman–Crippen LogP) is 4.00. The molecule has 61 heavy (non-hydrogen) atoms. The Balaban J connectivity index is 0.000000364. The molecule has 1 N–H and O–H groups in total. The molecule has 2 saturated heterocycles. The molecule has 0 radical (unpaired) electrons. The molecule has 0 atom stereocenters. The number of hydrogen-bond acceptors (Lipinski definition) is 15. The molecule has 0 unspecified atom stereocenters. The highest BCUT2D eigenvalue weighted by Crippen LogP contribution is 2.20. The van der Waals surface area contributed by atoms with Crippen LogP contribution in [0.25, 0.3) is 0 Å². The van der Waals surface area contributed by atoms with E-state index in [1.807, 2.05) is 60.7 Å². The van der Waals surface area contributed by atoms with Crippen LogP contribution >= 0.6 is 11.6 Å². The molecular formula is C42H57ClN4O14. The summed E-state index contributed by atoms with van der Waals surface area (Å²) in [6.45, 7) is 3.42. The van der Waals surface area contributed by atoms with Crippen LogP contribution < -0.4 is 5.32 Å². The first-order valence-electron chi connectivity index (χ1n) is 19.7. The first-order valence-corrected chi connectivity index (χ1v) is 20.1. The highest BCUT2D eigenvalue weighted by molar-refractivity contribution is 6.64. The molecule has 2 aliphatic rings. The van der Waals surface area contributed by atoms with E-state index >= 15 is 0 Å². The van der Waals surface area contributed by atoms with Crippen LogP contribution in [-0.2, 0) is 70.4 Å². The van der Waals surface area contributed by atoms with Crippen LogP contribution in [0.4, 0.5) is 9.59 Å². The van der Waals surface area contributed by atoms with E-state index in [2.05, 4.69) is 24.3 Å². The Hall–Kier alpha value is -5.75. The number of esters is 4. The molecule has 2 aromatic rings. The Kier molecular flexibility index (Phi) is 24.8. The second kappa shape index (κ2) is 29.5. The maximum Gasteiger partial charge on any atom is 0.410 e. The zero-order valence-corrected chi connectivity index (χ0v) is 35.9. The van der Waals surface area contributed by atoms with Crippen LogP contribution in [0.5, 0.6) is 0 Å².